The minimum absolute atomic E-state index is 0.716. The van der Waals surface area contributed by atoms with Crippen LogP contribution in [0.3, 0.4) is 0 Å². The van der Waals surface area contributed by atoms with E-state index in [1.165, 1.54) is 6.42 Å². The molecule has 0 saturated carbocycles. The highest BCUT2D eigenvalue weighted by atomic mass is 16.5. The molecule has 1 rings (SSSR count). The molecule has 1 heterocycles. The van der Waals surface area contributed by atoms with E-state index in [4.69, 9.17) is 11.2 Å². The van der Waals surface area contributed by atoms with E-state index in [1.807, 2.05) is 0 Å². The summed E-state index contributed by atoms with van der Waals surface area (Å²) in [6.07, 6.45) is 7.13. The fraction of sp³-hybridized carbons (Fsp3) is 0.778. The van der Waals surface area contributed by atoms with Gasteiger partial charge in [0.1, 0.15) is 0 Å². The average Bonchev–Trinajstić information content (AvgIpc) is 2.50. The van der Waals surface area contributed by atoms with Crippen LogP contribution in [0.4, 0.5) is 0 Å². The van der Waals surface area contributed by atoms with Crippen molar-refractivity contribution >= 4 is 0 Å². The zero-order chi connectivity index (χ0) is 7.94. The Labute approximate surface area is 68.3 Å². The average molecular weight is 153 g/mol. The van der Waals surface area contributed by atoms with Gasteiger partial charge in [0.15, 0.2) is 0 Å². The van der Waals surface area contributed by atoms with Crippen molar-refractivity contribution < 1.29 is 4.74 Å². The van der Waals surface area contributed by atoms with E-state index in [1.54, 1.807) is 0 Å². The van der Waals surface area contributed by atoms with E-state index < -0.39 is 0 Å². The van der Waals surface area contributed by atoms with Gasteiger partial charge in [-0.2, -0.15) is 0 Å². The highest BCUT2D eigenvalue weighted by molar-refractivity contribution is 4.84. The Kier molecular flexibility index (Phi) is 4.03. The van der Waals surface area contributed by atoms with Crippen molar-refractivity contribution in [3.05, 3.63) is 0 Å². The van der Waals surface area contributed by atoms with Crippen LogP contribution in [0.5, 0.6) is 0 Å². The summed E-state index contributed by atoms with van der Waals surface area (Å²) in [6, 6.07) is 0. The van der Waals surface area contributed by atoms with E-state index in [-0.39, 0.29) is 0 Å². The van der Waals surface area contributed by atoms with Crippen molar-refractivity contribution in [2.75, 3.05) is 26.3 Å². The van der Waals surface area contributed by atoms with Gasteiger partial charge in [0.2, 0.25) is 0 Å². The highest BCUT2D eigenvalue weighted by Gasteiger charge is 2.13. The number of hydrogen-bond acceptors (Lipinski definition) is 2. The topological polar surface area (TPSA) is 21.3 Å². The lowest BCUT2D eigenvalue weighted by Crippen LogP contribution is -2.23. The van der Waals surface area contributed by atoms with Gasteiger partial charge in [0.25, 0.3) is 0 Å². The van der Waals surface area contributed by atoms with Gasteiger partial charge in [-0.05, 0) is 12.3 Å². The summed E-state index contributed by atoms with van der Waals surface area (Å²) < 4.78 is 5.23. The third kappa shape index (κ3) is 3.41. The first kappa shape index (κ1) is 8.58. The first-order chi connectivity index (χ1) is 5.43. The summed E-state index contributed by atoms with van der Waals surface area (Å²) in [5, 5.41) is 3.31. The van der Waals surface area contributed by atoms with E-state index in [2.05, 4.69) is 11.2 Å². The number of hydrogen-bond donors (Lipinski definition) is 1. The molecule has 0 spiro atoms. The third-order valence-corrected chi connectivity index (χ3v) is 1.90. The summed E-state index contributed by atoms with van der Waals surface area (Å²) in [5.41, 5.74) is 0. The Balaban J connectivity index is 1.90. The Morgan fingerprint density at radius 2 is 2.55 bits per heavy atom. The van der Waals surface area contributed by atoms with Crippen LogP contribution in [-0.4, -0.2) is 26.3 Å². The van der Waals surface area contributed by atoms with Crippen LogP contribution in [-0.2, 0) is 4.74 Å². The van der Waals surface area contributed by atoms with Gasteiger partial charge in [-0.1, -0.05) is 0 Å². The highest BCUT2D eigenvalue weighted by Crippen LogP contribution is 2.10. The van der Waals surface area contributed by atoms with Crippen LogP contribution >= 0.6 is 0 Å². The molecule has 2 nitrogen and oxygen atoms in total. The van der Waals surface area contributed by atoms with Crippen molar-refractivity contribution in [1.82, 2.24) is 5.32 Å². The molecule has 0 bridgehead atoms. The molecule has 0 radical (unpaired) electrons. The molecular formula is C9H15NO. The van der Waals surface area contributed by atoms with Crippen LogP contribution in [0.25, 0.3) is 0 Å². The van der Waals surface area contributed by atoms with Gasteiger partial charge < -0.3 is 10.1 Å². The zero-order valence-corrected chi connectivity index (χ0v) is 6.81. The maximum atomic E-state index is 5.23. The summed E-state index contributed by atoms with van der Waals surface area (Å²) in [4.78, 5) is 0. The molecule has 1 fully saturated rings. The fourth-order valence-corrected chi connectivity index (χ4v) is 1.21. The largest absolute Gasteiger partial charge is 0.381 e. The third-order valence-electron chi connectivity index (χ3n) is 1.90. The maximum Gasteiger partial charge on any atom is 0.0507 e. The van der Waals surface area contributed by atoms with E-state index >= 15 is 0 Å². The number of nitrogens with one attached hydrogen (secondary N) is 1. The number of ether oxygens (including phenoxy) is 1. The quantitative estimate of drug-likeness (QED) is 0.472. The van der Waals surface area contributed by atoms with Crippen molar-refractivity contribution in [3.8, 4) is 12.3 Å². The van der Waals surface area contributed by atoms with Crippen LogP contribution < -0.4 is 5.32 Å². The minimum atomic E-state index is 0.716. The van der Waals surface area contributed by atoms with E-state index in [9.17, 15) is 0 Å². The van der Waals surface area contributed by atoms with Crippen molar-refractivity contribution in [1.29, 1.82) is 0 Å². The smallest absolute Gasteiger partial charge is 0.0507 e. The summed E-state index contributed by atoms with van der Waals surface area (Å²) in [7, 11) is 0. The van der Waals surface area contributed by atoms with Crippen LogP contribution in [0.1, 0.15) is 12.8 Å². The van der Waals surface area contributed by atoms with Gasteiger partial charge in [0.05, 0.1) is 6.61 Å². The predicted octanol–water partition coefficient (Wildman–Crippen LogP) is 0.636. The Bertz CT molecular complexity index is 133. The lowest BCUT2D eigenvalue weighted by Gasteiger charge is -2.06. The summed E-state index contributed by atoms with van der Waals surface area (Å²) in [6.45, 7) is 3.85. The molecule has 0 aliphatic carbocycles. The Morgan fingerprint density at radius 3 is 3.18 bits per heavy atom. The Morgan fingerprint density at radius 1 is 1.64 bits per heavy atom. The standard InChI is InChI=1S/C9H15NO/c1-2-3-5-10-7-9-4-6-11-8-9/h1,9-10H,3-8H2. The molecule has 0 aromatic rings. The molecule has 2 heteroatoms. The van der Waals surface area contributed by atoms with Gasteiger partial charge in [-0.3, -0.25) is 0 Å². The van der Waals surface area contributed by atoms with Crippen molar-refractivity contribution in [2.24, 2.45) is 5.92 Å². The number of rotatable bonds is 4. The lowest BCUT2D eigenvalue weighted by atomic mass is 10.1. The van der Waals surface area contributed by atoms with Crippen LogP contribution in [0, 0.1) is 18.3 Å². The first-order valence-electron chi connectivity index (χ1n) is 4.15. The molecule has 1 unspecified atom stereocenters. The molecule has 0 amide bonds. The maximum absolute atomic E-state index is 5.23. The summed E-state index contributed by atoms with van der Waals surface area (Å²) in [5.74, 6) is 3.31. The fourth-order valence-electron chi connectivity index (χ4n) is 1.21. The molecule has 11 heavy (non-hydrogen) atoms. The van der Waals surface area contributed by atoms with Crippen molar-refractivity contribution in [2.45, 2.75) is 12.8 Å². The first-order valence-corrected chi connectivity index (χ1v) is 4.15. The Hall–Kier alpha value is -0.520. The molecule has 62 valence electrons. The second kappa shape index (κ2) is 5.17. The normalized spacial score (nSPS) is 23.4. The monoisotopic (exact) mass is 153 g/mol. The van der Waals surface area contributed by atoms with Crippen LogP contribution in [0.2, 0.25) is 0 Å². The zero-order valence-electron chi connectivity index (χ0n) is 6.81. The molecule has 0 aromatic heterocycles. The second-order valence-corrected chi connectivity index (χ2v) is 2.89. The molecule has 1 aliphatic rings. The SMILES string of the molecule is C#CCCNCC1CCOC1. The molecule has 1 saturated heterocycles. The predicted molar refractivity (Wildman–Crippen MR) is 45.2 cm³/mol. The van der Waals surface area contributed by atoms with Crippen LogP contribution in [0.15, 0.2) is 0 Å². The number of terminal acetylenes is 1. The minimum Gasteiger partial charge on any atom is -0.381 e. The molecule has 0 aromatic carbocycles. The lowest BCUT2D eigenvalue weighted by molar-refractivity contribution is 0.185. The second-order valence-electron chi connectivity index (χ2n) is 2.89. The van der Waals surface area contributed by atoms with E-state index in [0.717, 1.165) is 32.7 Å². The molecular weight excluding hydrogens is 138 g/mol. The van der Waals surface area contributed by atoms with Crippen molar-refractivity contribution in [3.63, 3.8) is 0 Å². The van der Waals surface area contributed by atoms with Gasteiger partial charge in [0, 0.05) is 26.1 Å². The van der Waals surface area contributed by atoms with E-state index in [0.29, 0.717) is 5.92 Å². The molecule has 1 aliphatic heterocycles. The molecule has 1 atom stereocenters. The van der Waals surface area contributed by atoms with Gasteiger partial charge in [-0.25, -0.2) is 0 Å². The molecule has 1 N–H and O–H groups in total. The summed E-state index contributed by atoms with van der Waals surface area (Å²) >= 11 is 0. The van der Waals surface area contributed by atoms with Gasteiger partial charge in [-0.15, -0.1) is 12.3 Å². The van der Waals surface area contributed by atoms with Gasteiger partial charge >= 0.3 is 0 Å².